The van der Waals surface area contributed by atoms with E-state index in [1.807, 2.05) is 0 Å². The number of aryl methyl sites for hydroxylation is 2. The first-order valence-corrected chi connectivity index (χ1v) is 6.94. The standard InChI is InChI=1S/C15H14ClF3O3/c1-4-14(15(17,18)19)10(13(20)21)6-9-11(16)7(2)5-8(3)12(9)22-14/h5-6H,4H2,1-3H3,(H,20,21). The molecule has 120 valence electrons. The van der Waals surface area contributed by atoms with Gasteiger partial charge < -0.3 is 9.84 Å². The highest BCUT2D eigenvalue weighted by molar-refractivity contribution is 6.33. The number of carbonyl (C=O) groups is 1. The number of carboxylic acid groups (broad SMARTS) is 1. The van der Waals surface area contributed by atoms with Crippen LogP contribution in [0.4, 0.5) is 13.2 Å². The Hall–Kier alpha value is -1.69. The van der Waals surface area contributed by atoms with Gasteiger partial charge in [0, 0.05) is 5.56 Å². The number of halogens is 4. The maximum absolute atomic E-state index is 13.6. The highest BCUT2D eigenvalue weighted by atomic mass is 35.5. The van der Waals surface area contributed by atoms with Gasteiger partial charge in [0.1, 0.15) is 5.75 Å². The van der Waals surface area contributed by atoms with Gasteiger partial charge in [0.05, 0.1) is 10.6 Å². The number of aliphatic carboxylic acids is 1. The van der Waals surface area contributed by atoms with Crippen molar-refractivity contribution in [3.8, 4) is 5.75 Å². The Morgan fingerprint density at radius 2 is 1.95 bits per heavy atom. The summed E-state index contributed by atoms with van der Waals surface area (Å²) in [5.41, 5.74) is -2.46. The van der Waals surface area contributed by atoms with Crippen molar-refractivity contribution in [3.63, 3.8) is 0 Å². The second kappa shape index (κ2) is 5.19. The van der Waals surface area contributed by atoms with E-state index in [-0.39, 0.29) is 16.3 Å². The second-order valence-corrected chi connectivity index (χ2v) is 5.59. The number of rotatable bonds is 2. The number of hydrogen-bond acceptors (Lipinski definition) is 2. The molecule has 1 aliphatic heterocycles. The first kappa shape index (κ1) is 16.7. The number of fused-ring (bicyclic) bond motifs is 1. The molecule has 1 heterocycles. The Morgan fingerprint density at radius 1 is 1.36 bits per heavy atom. The van der Waals surface area contributed by atoms with Gasteiger partial charge in [0.2, 0.25) is 5.60 Å². The molecule has 22 heavy (non-hydrogen) atoms. The zero-order chi connectivity index (χ0) is 16.9. The van der Waals surface area contributed by atoms with Crippen LogP contribution in [-0.4, -0.2) is 22.9 Å². The summed E-state index contributed by atoms with van der Waals surface area (Å²) < 4.78 is 45.9. The predicted molar refractivity (Wildman–Crippen MR) is 76.2 cm³/mol. The zero-order valence-electron chi connectivity index (χ0n) is 12.1. The lowest BCUT2D eigenvalue weighted by molar-refractivity contribution is -0.236. The molecule has 3 nitrogen and oxygen atoms in total. The first-order chi connectivity index (χ1) is 10.0. The fraction of sp³-hybridized carbons (Fsp3) is 0.400. The molecule has 0 amide bonds. The summed E-state index contributed by atoms with van der Waals surface area (Å²) in [5.74, 6) is -1.71. The van der Waals surface area contributed by atoms with Gasteiger partial charge in [0.15, 0.2) is 0 Å². The van der Waals surface area contributed by atoms with Crippen LogP contribution in [0.2, 0.25) is 5.02 Å². The Labute approximate surface area is 130 Å². The summed E-state index contributed by atoms with van der Waals surface area (Å²) in [6, 6.07) is 1.61. The lowest BCUT2D eigenvalue weighted by atomic mass is 9.85. The van der Waals surface area contributed by atoms with E-state index in [4.69, 9.17) is 16.3 Å². The quantitative estimate of drug-likeness (QED) is 0.864. The minimum atomic E-state index is -4.87. The Balaban J connectivity index is 2.83. The largest absolute Gasteiger partial charge is 0.478 e. The zero-order valence-corrected chi connectivity index (χ0v) is 12.9. The second-order valence-electron chi connectivity index (χ2n) is 5.21. The van der Waals surface area contributed by atoms with Gasteiger partial charge in [-0.25, -0.2) is 4.79 Å². The molecule has 0 saturated carbocycles. The van der Waals surface area contributed by atoms with Gasteiger partial charge in [0.25, 0.3) is 0 Å². The van der Waals surface area contributed by atoms with Crippen molar-refractivity contribution in [1.29, 1.82) is 0 Å². The maximum Gasteiger partial charge on any atom is 0.432 e. The van der Waals surface area contributed by atoms with E-state index in [1.165, 1.54) is 6.92 Å². The van der Waals surface area contributed by atoms with Crippen LogP contribution >= 0.6 is 11.6 Å². The van der Waals surface area contributed by atoms with E-state index in [0.717, 1.165) is 6.08 Å². The van der Waals surface area contributed by atoms with Crippen molar-refractivity contribution in [2.45, 2.75) is 39.0 Å². The number of hydrogen-bond donors (Lipinski definition) is 1. The highest BCUT2D eigenvalue weighted by Gasteiger charge is 2.62. The van der Waals surface area contributed by atoms with Gasteiger partial charge in [-0.15, -0.1) is 0 Å². The van der Waals surface area contributed by atoms with E-state index >= 15 is 0 Å². The molecular formula is C15H14ClF3O3. The lowest BCUT2D eigenvalue weighted by Gasteiger charge is -2.39. The fourth-order valence-corrected chi connectivity index (χ4v) is 2.84. The van der Waals surface area contributed by atoms with Crippen molar-refractivity contribution in [1.82, 2.24) is 0 Å². The molecule has 0 bridgehead atoms. The van der Waals surface area contributed by atoms with Crippen molar-refractivity contribution < 1.29 is 27.8 Å². The normalized spacial score (nSPS) is 21.0. The fourth-order valence-electron chi connectivity index (χ4n) is 2.64. The Morgan fingerprint density at radius 3 is 2.41 bits per heavy atom. The minimum absolute atomic E-state index is 0.0280. The third-order valence-electron chi connectivity index (χ3n) is 3.80. The van der Waals surface area contributed by atoms with Crippen LogP contribution in [0.1, 0.15) is 30.0 Å². The summed E-state index contributed by atoms with van der Waals surface area (Å²) in [6.07, 6.45) is -4.45. The van der Waals surface area contributed by atoms with Crippen molar-refractivity contribution in [2.75, 3.05) is 0 Å². The lowest BCUT2D eigenvalue weighted by Crippen LogP contribution is -2.54. The van der Waals surface area contributed by atoms with Crippen molar-refractivity contribution >= 4 is 23.6 Å². The van der Waals surface area contributed by atoms with Crippen molar-refractivity contribution in [2.24, 2.45) is 0 Å². The van der Waals surface area contributed by atoms with Crippen LogP contribution < -0.4 is 4.74 Å². The van der Waals surface area contributed by atoms with Gasteiger partial charge >= 0.3 is 12.1 Å². The third kappa shape index (κ3) is 2.26. The average molecular weight is 335 g/mol. The molecule has 0 fully saturated rings. The Bertz CT molecular complexity index is 680. The summed E-state index contributed by atoms with van der Waals surface area (Å²) in [4.78, 5) is 11.4. The van der Waals surface area contributed by atoms with E-state index in [9.17, 15) is 23.1 Å². The van der Waals surface area contributed by atoms with Crippen LogP contribution in [0.3, 0.4) is 0 Å². The number of benzene rings is 1. The summed E-state index contributed by atoms with van der Waals surface area (Å²) in [6.45, 7) is 4.52. The number of ether oxygens (including phenoxy) is 1. The van der Waals surface area contributed by atoms with Gasteiger partial charge in [-0.05, 0) is 37.5 Å². The molecule has 1 aromatic rings. The highest BCUT2D eigenvalue weighted by Crippen LogP contribution is 2.50. The molecule has 0 radical (unpaired) electrons. The molecule has 0 aliphatic carbocycles. The van der Waals surface area contributed by atoms with Crippen molar-refractivity contribution in [3.05, 3.63) is 33.4 Å². The third-order valence-corrected chi connectivity index (χ3v) is 4.31. The Kier molecular flexibility index (Phi) is 3.94. The molecule has 7 heteroatoms. The SMILES string of the molecule is CCC1(C(F)(F)F)Oc2c(C)cc(C)c(Cl)c2C=C1C(=O)O. The molecule has 1 atom stereocenters. The molecule has 0 spiro atoms. The molecule has 1 aromatic carbocycles. The maximum atomic E-state index is 13.6. The van der Waals surface area contributed by atoms with Crippen LogP contribution in [-0.2, 0) is 4.79 Å². The summed E-state index contributed by atoms with van der Waals surface area (Å²) >= 11 is 6.10. The number of alkyl halides is 3. The minimum Gasteiger partial charge on any atom is -0.478 e. The van der Waals surface area contributed by atoms with E-state index in [2.05, 4.69) is 0 Å². The summed E-state index contributed by atoms with van der Waals surface area (Å²) in [7, 11) is 0. The molecule has 1 N–H and O–H groups in total. The topological polar surface area (TPSA) is 46.5 Å². The van der Waals surface area contributed by atoms with Gasteiger partial charge in [-0.2, -0.15) is 13.2 Å². The van der Waals surface area contributed by atoms with Crippen LogP contribution in [0.15, 0.2) is 11.6 Å². The average Bonchev–Trinajstić information content (AvgIpc) is 2.42. The van der Waals surface area contributed by atoms with Gasteiger partial charge in [-0.3, -0.25) is 0 Å². The smallest absolute Gasteiger partial charge is 0.432 e. The van der Waals surface area contributed by atoms with Crippen LogP contribution in [0, 0.1) is 13.8 Å². The predicted octanol–water partition coefficient (Wildman–Crippen LogP) is 4.53. The molecule has 1 unspecified atom stereocenters. The molecule has 1 aliphatic rings. The summed E-state index contributed by atoms with van der Waals surface area (Å²) in [5, 5.41) is 9.42. The molecule has 0 aromatic heterocycles. The molecule has 0 saturated heterocycles. The molecule has 2 rings (SSSR count). The number of carboxylic acids is 1. The van der Waals surface area contributed by atoms with Gasteiger partial charge in [-0.1, -0.05) is 24.6 Å². The van der Waals surface area contributed by atoms with Crippen LogP contribution in [0.5, 0.6) is 5.75 Å². The van der Waals surface area contributed by atoms with E-state index in [1.54, 1.807) is 19.9 Å². The van der Waals surface area contributed by atoms with E-state index < -0.39 is 29.7 Å². The molecular weight excluding hydrogens is 321 g/mol. The van der Waals surface area contributed by atoms with E-state index in [0.29, 0.717) is 11.1 Å². The monoisotopic (exact) mass is 334 g/mol. The first-order valence-electron chi connectivity index (χ1n) is 6.56. The van der Waals surface area contributed by atoms with Crippen LogP contribution in [0.25, 0.3) is 6.08 Å².